The van der Waals surface area contributed by atoms with Crippen LogP contribution in [0.25, 0.3) is 0 Å². The lowest BCUT2D eigenvalue weighted by Gasteiger charge is -2.09. The Morgan fingerprint density at radius 2 is 2.00 bits per heavy atom. The molecule has 3 nitrogen and oxygen atoms in total. The van der Waals surface area contributed by atoms with Gasteiger partial charge in [-0.05, 0) is 47.1 Å². The summed E-state index contributed by atoms with van der Waals surface area (Å²) in [5.41, 5.74) is 1.27. The lowest BCUT2D eigenvalue weighted by Crippen LogP contribution is -1.92. The highest BCUT2D eigenvalue weighted by Gasteiger charge is 2.09. The smallest absolute Gasteiger partial charge is 0.148 e. The fraction of sp³-hybridized carbons (Fsp3) is 0.0769. The summed E-state index contributed by atoms with van der Waals surface area (Å²) in [5.74, 6) is 1.18. The number of aromatic nitrogens is 1. The summed E-state index contributed by atoms with van der Waals surface area (Å²) in [6.45, 7) is 1.86. The van der Waals surface area contributed by atoms with Gasteiger partial charge < -0.3 is 4.74 Å². The summed E-state index contributed by atoms with van der Waals surface area (Å²) < 4.78 is 6.42. The SMILES string of the molecule is Cc1ncccc1Oc1cccc(Br)c1C#N. The molecule has 0 aliphatic carbocycles. The third-order valence-corrected chi connectivity index (χ3v) is 2.93. The summed E-state index contributed by atoms with van der Waals surface area (Å²) in [7, 11) is 0. The van der Waals surface area contributed by atoms with Crippen molar-refractivity contribution in [2.24, 2.45) is 0 Å². The predicted molar refractivity (Wildman–Crippen MR) is 67.9 cm³/mol. The molecule has 0 spiro atoms. The first-order valence-electron chi connectivity index (χ1n) is 5.00. The van der Waals surface area contributed by atoms with Crippen LogP contribution >= 0.6 is 15.9 Å². The summed E-state index contributed by atoms with van der Waals surface area (Å²) >= 11 is 3.32. The van der Waals surface area contributed by atoms with Gasteiger partial charge in [0.15, 0.2) is 0 Å². The van der Waals surface area contributed by atoms with E-state index in [4.69, 9.17) is 10.00 Å². The van der Waals surface area contributed by atoms with E-state index < -0.39 is 0 Å². The molecular formula is C13H9BrN2O. The molecule has 0 amide bonds. The molecule has 1 heterocycles. The Kier molecular flexibility index (Phi) is 3.40. The quantitative estimate of drug-likeness (QED) is 0.844. The van der Waals surface area contributed by atoms with Crippen molar-refractivity contribution in [3.63, 3.8) is 0 Å². The fourth-order valence-corrected chi connectivity index (χ4v) is 1.83. The molecule has 0 saturated heterocycles. The third kappa shape index (κ3) is 2.45. The standard InChI is InChI=1S/C13H9BrN2O/c1-9-12(6-3-7-16-9)17-13-5-2-4-11(14)10(13)8-15/h2-7H,1H3. The zero-order valence-electron chi connectivity index (χ0n) is 9.14. The minimum Gasteiger partial charge on any atom is -0.454 e. The van der Waals surface area contributed by atoms with Crippen molar-refractivity contribution in [1.82, 2.24) is 4.98 Å². The van der Waals surface area contributed by atoms with Crippen molar-refractivity contribution in [2.45, 2.75) is 6.92 Å². The molecule has 0 fully saturated rings. The molecule has 0 aliphatic rings. The van der Waals surface area contributed by atoms with E-state index in [0.29, 0.717) is 17.1 Å². The molecule has 84 valence electrons. The molecule has 0 saturated carbocycles. The van der Waals surface area contributed by atoms with Crippen LogP contribution in [0.5, 0.6) is 11.5 Å². The van der Waals surface area contributed by atoms with Gasteiger partial charge >= 0.3 is 0 Å². The van der Waals surface area contributed by atoms with Gasteiger partial charge in [0, 0.05) is 10.7 Å². The second-order valence-corrected chi connectivity index (χ2v) is 4.27. The van der Waals surface area contributed by atoms with Crippen LogP contribution in [0, 0.1) is 18.3 Å². The maximum absolute atomic E-state index is 9.07. The van der Waals surface area contributed by atoms with Crippen LogP contribution in [0.4, 0.5) is 0 Å². The second-order valence-electron chi connectivity index (χ2n) is 3.41. The Balaban J connectivity index is 2.41. The Bertz CT molecular complexity index is 590. The lowest BCUT2D eigenvalue weighted by atomic mass is 10.2. The average Bonchev–Trinajstić information content (AvgIpc) is 2.32. The molecule has 1 aromatic heterocycles. The predicted octanol–water partition coefficient (Wildman–Crippen LogP) is 3.82. The average molecular weight is 289 g/mol. The van der Waals surface area contributed by atoms with Crippen molar-refractivity contribution < 1.29 is 4.74 Å². The number of hydrogen-bond acceptors (Lipinski definition) is 3. The van der Waals surface area contributed by atoms with Crippen LogP contribution in [-0.4, -0.2) is 4.98 Å². The van der Waals surface area contributed by atoms with Crippen molar-refractivity contribution >= 4 is 15.9 Å². The molecular weight excluding hydrogens is 280 g/mol. The van der Waals surface area contributed by atoms with Gasteiger partial charge in [0.05, 0.1) is 5.69 Å². The van der Waals surface area contributed by atoms with Gasteiger partial charge in [-0.3, -0.25) is 4.98 Å². The number of halogens is 1. The third-order valence-electron chi connectivity index (χ3n) is 2.27. The second kappa shape index (κ2) is 4.98. The first kappa shape index (κ1) is 11.6. The highest BCUT2D eigenvalue weighted by atomic mass is 79.9. The van der Waals surface area contributed by atoms with Gasteiger partial charge in [0.25, 0.3) is 0 Å². The summed E-state index contributed by atoms with van der Waals surface area (Å²) in [6.07, 6.45) is 1.70. The molecule has 0 atom stereocenters. The summed E-state index contributed by atoms with van der Waals surface area (Å²) in [5, 5.41) is 9.07. The van der Waals surface area contributed by atoms with Gasteiger partial charge in [-0.25, -0.2) is 0 Å². The van der Waals surface area contributed by atoms with Gasteiger partial charge in [-0.2, -0.15) is 5.26 Å². The number of nitrogens with zero attached hydrogens (tertiary/aromatic N) is 2. The zero-order valence-corrected chi connectivity index (χ0v) is 10.7. The topological polar surface area (TPSA) is 45.9 Å². The highest BCUT2D eigenvalue weighted by Crippen LogP contribution is 2.30. The van der Waals surface area contributed by atoms with Crippen LogP contribution in [0.3, 0.4) is 0 Å². The van der Waals surface area contributed by atoms with Gasteiger partial charge in [-0.15, -0.1) is 0 Å². The molecule has 1 aromatic carbocycles. The largest absolute Gasteiger partial charge is 0.454 e. The molecule has 2 aromatic rings. The maximum atomic E-state index is 9.07. The van der Waals surface area contributed by atoms with Crippen LogP contribution < -0.4 is 4.74 Å². The maximum Gasteiger partial charge on any atom is 0.148 e. The Morgan fingerprint density at radius 3 is 2.71 bits per heavy atom. The van der Waals surface area contributed by atoms with Crippen molar-refractivity contribution in [3.8, 4) is 17.6 Å². The van der Waals surface area contributed by atoms with E-state index >= 15 is 0 Å². The molecule has 2 rings (SSSR count). The Morgan fingerprint density at radius 1 is 1.24 bits per heavy atom. The highest BCUT2D eigenvalue weighted by molar-refractivity contribution is 9.10. The number of benzene rings is 1. The first-order valence-corrected chi connectivity index (χ1v) is 5.80. The number of aryl methyl sites for hydroxylation is 1. The van der Waals surface area contributed by atoms with Crippen LogP contribution in [0.15, 0.2) is 41.0 Å². The minimum absolute atomic E-state index is 0.482. The van der Waals surface area contributed by atoms with Crippen molar-refractivity contribution in [1.29, 1.82) is 5.26 Å². The molecule has 4 heteroatoms. The molecule has 0 radical (unpaired) electrons. The number of ether oxygens (including phenoxy) is 1. The summed E-state index contributed by atoms with van der Waals surface area (Å²) in [4.78, 5) is 4.13. The van der Waals surface area contributed by atoms with Gasteiger partial charge in [-0.1, -0.05) is 6.07 Å². The van der Waals surface area contributed by atoms with Crippen molar-refractivity contribution in [3.05, 3.63) is 52.3 Å². The van der Waals surface area contributed by atoms with E-state index in [2.05, 4.69) is 27.0 Å². The van der Waals surface area contributed by atoms with Crippen molar-refractivity contribution in [2.75, 3.05) is 0 Å². The number of hydrogen-bond donors (Lipinski definition) is 0. The van der Waals surface area contributed by atoms with Gasteiger partial charge in [0.1, 0.15) is 23.1 Å². The molecule has 0 aliphatic heterocycles. The number of nitriles is 1. The monoisotopic (exact) mass is 288 g/mol. The van der Waals surface area contributed by atoms with E-state index in [-0.39, 0.29) is 0 Å². The lowest BCUT2D eigenvalue weighted by molar-refractivity contribution is 0.474. The molecule has 0 N–H and O–H groups in total. The molecule has 0 bridgehead atoms. The number of rotatable bonds is 2. The Hall–Kier alpha value is -1.86. The Labute approximate surface area is 108 Å². The van der Waals surface area contributed by atoms with E-state index in [1.165, 1.54) is 0 Å². The first-order chi connectivity index (χ1) is 8.22. The van der Waals surface area contributed by atoms with Crippen LogP contribution in [0.1, 0.15) is 11.3 Å². The van der Waals surface area contributed by atoms with E-state index in [1.54, 1.807) is 18.3 Å². The van der Waals surface area contributed by atoms with Gasteiger partial charge in [0.2, 0.25) is 0 Å². The van der Waals surface area contributed by atoms with E-state index in [1.807, 2.05) is 25.1 Å². The molecule has 0 unspecified atom stereocenters. The summed E-state index contributed by atoms with van der Waals surface area (Å²) in [6, 6.07) is 11.1. The normalized spacial score (nSPS) is 9.71. The molecule has 17 heavy (non-hydrogen) atoms. The minimum atomic E-state index is 0.482. The van der Waals surface area contributed by atoms with Crippen LogP contribution in [0.2, 0.25) is 0 Å². The fourth-order valence-electron chi connectivity index (χ4n) is 1.39. The number of pyridine rings is 1. The van der Waals surface area contributed by atoms with Crippen LogP contribution in [-0.2, 0) is 0 Å². The van der Waals surface area contributed by atoms with E-state index in [0.717, 1.165) is 10.2 Å². The zero-order chi connectivity index (χ0) is 12.3. The van der Waals surface area contributed by atoms with E-state index in [9.17, 15) is 0 Å².